The predicted molar refractivity (Wildman–Crippen MR) is 56.4 cm³/mol. The number of fused-ring (bicyclic) bond motifs is 1. The van der Waals surface area contributed by atoms with E-state index < -0.39 is 11.3 Å². The maximum absolute atomic E-state index is 12.7. The van der Waals surface area contributed by atoms with Crippen molar-refractivity contribution in [2.45, 2.75) is 18.3 Å². The average Bonchev–Trinajstić information content (AvgIpc) is 2.26. The molecule has 0 N–H and O–H groups in total. The van der Waals surface area contributed by atoms with Crippen LogP contribution in [0, 0.1) is 0 Å². The van der Waals surface area contributed by atoms with Gasteiger partial charge in [-0.3, -0.25) is 4.79 Å². The third kappa shape index (κ3) is 2.16. The smallest absolute Gasteiger partial charge is 0.332 e. The van der Waals surface area contributed by atoms with Crippen LogP contribution < -0.4 is 0 Å². The first kappa shape index (κ1) is 11.3. The number of hydrogen-bond acceptors (Lipinski definition) is 1. The van der Waals surface area contributed by atoms with Crippen molar-refractivity contribution >= 4 is 17.5 Å². The van der Waals surface area contributed by atoms with Crippen LogP contribution in [-0.2, 0) is 17.8 Å². The summed E-state index contributed by atoms with van der Waals surface area (Å²) in [6.45, 7) is 0.496. The van der Waals surface area contributed by atoms with Gasteiger partial charge in [0.25, 0.3) is 0 Å². The van der Waals surface area contributed by atoms with Gasteiger partial charge in [0.2, 0.25) is 0 Å². The van der Waals surface area contributed by atoms with Crippen LogP contribution in [0.2, 0.25) is 0 Å². The van der Waals surface area contributed by atoms with Crippen molar-refractivity contribution in [2.24, 2.45) is 0 Å². The Morgan fingerprint density at radius 2 is 1.94 bits per heavy atom. The summed E-state index contributed by atoms with van der Waals surface area (Å²) < 4.78 is 25.3. The zero-order valence-corrected chi connectivity index (χ0v) is 9.18. The van der Waals surface area contributed by atoms with Gasteiger partial charge in [-0.05, 0) is 29.1 Å². The lowest BCUT2D eigenvalue weighted by Crippen LogP contribution is -2.43. The molecule has 0 aliphatic carbocycles. The lowest BCUT2D eigenvalue weighted by atomic mass is 10.00. The van der Waals surface area contributed by atoms with Gasteiger partial charge in [0.15, 0.2) is 0 Å². The van der Waals surface area contributed by atoms with Crippen molar-refractivity contribution in [3.63, 3.8) is 0 Å². The molecule has 1 aromatic carbocycles. The number of amides is 1. The highest BCUT2D eigenvalue weighted by molar-refractivity contribution is 6.32. The summed E-state index contributed by atoms with van der Waals surface area (Å²) in [4.78, 5) is 12.4. The number of nitrogens with zero attached hydrogens (tertiary/aromatic N) is 1. The fourth-order valence-electron chi connectivity index (χ4n) is 1.85. The third-order valence-electron chi connectivity index (χ3n) is 2.66. The molecule has 0 bridgehead atoms. The first-order chi connectivity index (χ1) is 7.48. The largest absolute Gasteiger partial charge is 0.399 e. The first-order valence-electron chi connectivity index (χ1n) is 4.91. The topological polar surface area (TPSA) is 20.3 Å². The molecule has 1 aliphatic heterocycles. The van der Waals surface area contributed by atoms with Crippen molar-refractivity contribution in [1.29, 1.82) is 0 Å². The van der Waals surface area contributed by atoms with Crippen LogP contribution in [0.1, 0.15) is 11.1 Å². The lowest BCUT2D eigenvalue weighted by Gasteiger charge is -2.29. The van der Waals surface area contributed by atoms with Gasteiger partial charge >= 0.3 is 11.3 Å². The number of hydrogen-bond donors (Lipinski definition) is 0. The summed E-state index contributed by atoms with van der Waals surface area (Å²) >= 11 is 4.72. The van der Waals surface area contributed by atoms with Gasteiger partial charge in [-0.25, -0.2) is 0 Å². The highest BCUT2D eigenvalue weighted by Gasteiger charge is 2.40. The molecule has 0 atom stereocenters. The van der Waals surface area contributed by atoms with Crippen LogP contribution in [-0.4, -0.2) is 22.7 Å². The van der Waals surface area contributed by atoms with Gasteiger partial charge in [0.1, 0.15) is 0 Å². The van der Waals surface area contributed by atoms with Gasteiger partial charge in [-0.15, -0.1) is 0 Å². The van der Waals surface area contributed by atoms with Crippen molar-refractivity contribution in [2.75, 3.05) is 6.54 Å². The van der Waals surface area contributed by atoms with E-state index in [-0.39, 0.29) is 13.1 Å². The lowest BCUT2D eigenvalue weighted by molar-refractivity contribution is -0.148. The summed E-state index contributed by atoms with van der Waals surface area (Å²) in [5.41, 5.74) is 2.01. The maximum atomic E-state index is 12.7. The van der Waals surface area contributed by atoms with E-state index in [9.17, 15) is 13.6 Å². The van der Waals surface area contributed by atoms with Gasteiger partial charge in [0, 0.05) is 13.1 Å². The van der Waals surface area contributed by atoms with Crippen LogP contribution in [0.4, 0.5) is 8.78 Å². The van der Waals surface area contributed by atoms with E-state index in [1.807, 2.05) is 24.3 Å². The fourth-order valence-corrected chi connectivity index (χ4v) is 1.97. The van der Waals surface area contributed by atoms with Crippen LogP contribution in [0.25, 0.3) is 0 Å². The Labute approximate surface area is 96.8 Å². The number of alkyl halides is 3. The zero-order chi connectivity index (χ0) is 11.8. The van der Waals surface area contributed by atoms with E-state index in [4.69, 9.17) is 11.6 Å². The number of benzene rings is 1. The molecule has 86 valence electrons. The van der Waals surface area contributed by atoms with Gasteiger partial charge in [0.05, 0.1) is 0 Å². The molecule has 1 aliphatic rings. The Bertz CT molecular complexity index is 417. The van der Waals surface area contributed by atoms with Gasteiger partial charge in [-0.1, -0.05) is 24.3 Å². The molecule has 2 nitrogen and oxygen atoms in total. The van der Waals surface area contributed by atoms with Crippen molar-refractivity contribution < 1.29 is 13.6 Å². The molecular formula is C11H10ClF2NO. The molecule has 0 saturated carbocycles. The first-order valence-corrected chi connectivity index (χ1v) is 5.29. The summed E-state index contributed by atoms with van der Waals surface area (Å²) in [5.74, 6) is -1.32. The second-order valence-corrected chi connectivity index (χ2v) is 4.22. The molecule has 1 heterocycles. The minimum atomic E-state index is -3.80. The Morgan fingerprint density at radius 1 is 1.31 bits per heavy atom. The minimum Gasteiger partial charge on any atom is -0.332 e. The second-order valence-electron chi connectivity index (χ2n) is 3.74. The molecule has 5 heteroatoms. The van der Waals surface area contributed by atoms with Crippen LogP contribution in [0.3, 0.4) is 0 Å². The minimum absolute atomic E-state index is 0.206. The summed E-state index contributed by atoms with van der Waals surface area (Å²) in [7, 11) is 0. The molecule has 2 rings (SSSR count). The highest BCUT2D eigenvalue weighted by atomic mass is 35.5. The van der Waals surface area contributed by atoms with Crippen molar-refractivity contribution in [3.8, 4) is 0 Å². The van der Waals surface area contributed by atoms with E-state index in [0.29, 0.717) is 6.42 Å². The maximum Gasteiger partial charge on any atom is 0.399 e. The Kier molecular flexibility index (Phi) is 2.84. The zero-order valence-electron chi connectivity index (χ0n) is 8.42. The quantitative estimate of drug-likeness (QED) is 0.696. The van der Waals surface area contributed by atoms with Crippen LogP contribution in [0.15, 0.2) is 24.3 Å². The second kappa shape index (κ2) is 4.01. The molecule has 1 aromatic rings. The van der Waals surface area contributed by atoms with E-state index in [1.165, 1.54) is 0 Å². The predicted octanol–water partition coefficient (Wildman–Crippen LogP) is 2.40. The summed E-state index contributed by atoms with van der Waals surface area (Å²) in [5, 5.41) is -3.80. The Balaban J connectivity index is 2.17. The van der Waals surface area contributed by atoms with E-state index in [0.717, 1.165) is 16.0 Å². The average molecular weight is 246 g/mol. The molecular weight excluding hydrogens is 236 g/mol. The van der Waals surface area contributed by atoms with Gasteiger partial charge in [-0.2, -0.15) is 8.78 Å². The molecule has 0 aromatic heterocycles. The van der Waals surface area contributed by atoms with Crippen LogP contribution in [0.5, 0.6) is 0 Å². The summed E-state index contributed by atoms with van der Waals surface area (Å²) in [6, 6.07) is 7.50. The number of carbonyl (C=O) groups excluding carboxylic acids is 1. The molecule has 0 fully saturated rings. The standard InChI is InChI=1S/C11H10ClF2NO/c12-11(13,14)10(16)15-6-5-8-3-1-2-4-9(8)7-15/h1-4H,5-7H2. The monoisotopic (exact) mass is 245 g/mol. The van der Waals surface area contributed by atoms with E-state index in [2.05, 4.69) is 0 Å². The van der Waals surface area contributed by atoms with Crippen LogP contribution >= 0.6 is 11.6 Å². The van der Waals surface area contributed by atoms with E-state index >= 15 is 0 Å². The number of halogens is 3. The Hall–Kier alpha value is -1.16. The number of carbonyl (C=O) groups is 1. The molecule has 0 radical (unpaired) electrons. The third-order valence-corrected chi connectivity index (χ3v) is 2.82. The van der Waals surface area contributed by atoms with Crippen molar-refractivity contribution in [3.05, 3.63) is 35.4 Å². The van der Waals surface area contributed by atoms with Crippen molar-refractivity contribution in [1.82, 2.24) is 4.90 Å². The fraction of sp³-hybridized carbons (Fsp3) is 0.364. The Morgan fingerprint density at radius 3 is 2.56 bits per heavy atom. The highest BCUT2D eigenvalue weighted by Crippen LogP contribution is 2.26. The number of rotatable bonds is 1. The molecule has 1 amide bonds. The van der Waals surface area contributed by atoms with Gasteiger partial charge < -0.3 is 4.90 Å². The SMILES string of the molecule is O=C(N1CCc2ccccc2C1)C(F)(F)Cl. The normalized spacial score (nSPS) is 15.8. The summed E-state index contributed by atoms with van der Waals surface area (Å²) in [6.07, 6.45) is 0.592. The van der Waals surface area contributed by atoms with E-state index in [1.54, 1.807) is 0 Å². The molecule has 0 spiro atoms. The molecule has 0 saturated heterocycles. The molecule has 0 unspecified atom stereocenters. The molecule has 16 heavy (non-hydrogen) atoms.